The Hall–Kier alpha value is -1.55. The number of carbonyl (C=O) groups excluding carboxylic acids is 1. The molecule has 1 aliphatic carbocycles. The van der Waals surface area contributed by atoms with Crippen molar-refractivity contribution in [3.05, 3.63) is 29.3 Å². The Labute approximate surface area is 133 Å². The molecule has 0 radical (unpaired) electrons. The lowest BCUT2D eigenvalue weighted by Gasteiger charge is -2.33. The van der Waals surface area contributed by atoms with Crippen LogP contribution in [0.5, 0.6) is 5.75 Å². The number of hydrogen-bond donors (Lipinski definition) is 1. The summed E-state index contributed by atoms with van der Waals surface area (Å²) in [7, 11) is 5.51. The molecule has 1 aliphatic rings. The van der Waals surface area contributed by atoms with Crippen molar-refractivity contribution < 1.29 is 9.53 Å². The molecule has 2 rings (SSSR count). The van der Waals surface area contributed by atoms with Crippen LogP contribution in [0.2, 0.25) is 0 Å². The van der Waals surface area contributed by atoms with Crippen LogP contribution in [0.4, 0.5) is 0 Å². The van der Waals surface area contributed by atoms with Crippen LogP contribution < -0.4 is 10.1 Å². The molecule has 22 heavy (non-hydrogen) atoms. The van der Waals surface area contributed by atoms with E-state index in [0.717, 1.165) is 55.6 Å². The van der Waals surface area contributed by atoms with Gasteiger partial charge in [0.15, 0.2) is 0 Å². The summed E-state index contributed by atoms with van der Waals surface area (Å²) in [5.41, 5.74) is 1.84. The van der Waals surface area contributed by atoms with Gasteiger partial charge in [0.1, 0.15) is 5.75 Å². The molecule has 1 N–H and O–H groups in total. The molecule has 1 amide bonds. The average molecular weight is 304 g/mol. The van der Waals surface area contributed by atoms with Gasteiger partial charge in [-0.25, -0.2) is 0 Å². The summed E-state index contributed by atoms with van der Waals surface area (Å²) in [5.74, 6) is 1.11. The molecule has 0 unspecified atom stereocenters. The molecule has 0 heterocycles. The van der Waals surface area contributed by atoms with Crippen LogP contribution in [0.15, 0.2) is 18.2 Å². The molecule has 0 bridgehead atoms. The van der Waals surface area contributed by atoms with E-state index in [1.807, 2.05) is 25.9 Å². The molecule has 0 atom stereocenters. The summed E-state index contributed by atoms with van der Waals surface area (Å²) in [6.45, 7) is 3.58. The fourth-order valence-corrected chi connectivity index (χ4v) is 3.47. The van der Waals surface area contributed by atoms with E-state index >= 15 is 0 Å². The lowest BCUT2D eigenvalue weighted by atomic mass is 9.77. The van der Waals surface area contributed by atoms with Gasteiger partial charge in [0.05, 0.1) is 12.5 Å². The van der Waals surface area contributed by atoms with E-state index in [0.29, 0.717) is 0 Å². The molecule has 1 saturated carbocycles. The summed E-state index contributed by atoms with van der Waals surface area (Å²) in [6, 6.07) is 6.23. The largest absolute Gasteiger partial charge is 0.496 e. The number of likely N-dealkylation sites (N-methyl/N-ethyl adjacent to an activating group) is 2. The van der Waals surface area contributed by atoms with Gasteiger partial charge in [0.25, 0.3) is 0 Å². The molecule has 1 aromatic rings. The van der Waals surface area contributed by atoms with Crippen molar-refractivity contribution >= 4 is 5.91 Å². The topological polar surface area (TPSA) is 41.6 Å². The van der Waals surface area contributed by atoms with E-state index in [2.05, 4.69) is 23.5 Å². The van der Waals surface area contributed by atoms with Gasteiger partial charge in [-0.3, -0.25) is 4.79 Å². The van der Waals surface area contributed by atoms with Crippen molar-refractivity contribution in [1.29, 1.82) is 0 Å². The van der Waals surface area contributed by atoms with E-state index < -0.39 is 0 Å². The normalized spacial score (nSPS) is 16.5. The van der Waals surface area contributed by atoms with Crippen molar-refractivity contribution in [2.24, 2.45) is 0 Å². The Balaban J connectivity index is 2.34. The molecular formula is C18H28N2O2. The first-order chi connectivity index (χ1) is 10.5. The van der Waals surface area contributed by atoms with Gasteiger partial charge in [-0.2, -0.15) is 0 Å². The van der Waals surface area contributed by atoms with Gasteiger partial charge in [-0.05, 0) is 44.0 Å². The number of ether oxygens (including phenoxy) is 1. The third kappa shape index (κ3) is 3.12. The zero-order chi connectivity index (χ0) is 16.2. The molecule has 1 fully saturated rings. The number of hydrogen-bond acceptors (Lipinski definition) is 3. The standard InChI is InChI=1S/C18H28N2O2/c1-14-7-8-15(13-16(14)22-4)18(9-5-6-10-18)17(21)20(3)12-11-19-2/h7-8,13,19H,5-6,9-12H2,1-4H3. The van der Waals surface area contributed by atoms with Crippen LogP contribution in [0.3, 0.4) is 0 Å². The SMILES string of the molecule is CNCCN(C)C(=O)C1(c2ccc(C)c(OC)c2)CCCC1. The number of methoxy groups -OCH3 is 1. The molecule has 1 aromatic carbocycles. The monoisotopic (exact) mass is 304 g/mol. The number of rotatable bonds is 6. The summed E-state index contributed by atoms with van der Waals surface area (Å²) >= 11 is 0. The zero-order valence-electron chi connectivity index (χ0n) is 14.2. The smallest absolute Gasteiger partial charge is 0.233 e. The van der Waals surface area contributed by atoms with E-state index in [1.165, 1.54) is 0 Å². The fourth-order valence-electron chi connectivity index (χ4n) is 3.47. The van der Waals surface area contributed by atoms with Crippen LogP contribution in [0.1, 0.15) is 36.8 Å². The highest BCUT2D eigenvalue weighted by molar-refractivity contribution is 5.88. The Bertz CT molecular complexity index is 522. The van der Waals surface area contributed by atoms with Gasteiger partial charge >= 0.3 is 0 Å². The van der Waals surface area contributed by atoms with Gasteiger partial charge in [0.2, 0.25) is 5.91 Å². The van der Waals surface area contributed by atoms with Gasteiger partial charge in [-0.15, -0.1) is 0 Å². The number of carbonyl (C=O) groups is 1. The van der Waals surface area contributed by atoms with E-state index in [9.17, 15) is 4.79 Å². The van der Waals surface area contributed by atoms with Crippen LogP contribution in [-0.2, 0) is 10.2 Å². The van der Waals surface area contributed by atoms with E-state index in [-0.39, 0.29) is 11.3 Å². The molecule has 0 aliphatic heterocycles. The van der Waals surface area contributed by atoms with Crippen molar-refractivity contribution in [2.45, 2.75) is 38.0 Å². The van der Waals surface area contributed by atoms with Crippen LogP contribution >= 0.6 is 0 Å². The zero-order valence-corrected chi connectivity index (χ0v) is 14.2. The minimum absolute atomic E-state index is 0.242. The molecule has 4 nitrogen and oxygen atoms in total. The number of nitrogens with zero attached hydrogens (tertiary/aromatic N) is 1. The Morgan fingerprint density at radius 3 is 2.64 bits per heavy atom. The molecule has 0 saturated heterocycles. The first-order valence-electron chi connectivity index (χ1n) is 8.10. The second-order valence-electron chi connectivity index (χ2n) is 6.30. The molecule has 4 heteroatoms. The average Bonchev–Trinajstić information content (AvgIpc) is 3.03. The van der Waals surface area contributed by atoms with Gasteiger partial charge < -0.3 is 15.0 Å². The lowest BCUT2D eigenvalue weighted by Crippen LogP contribution is -2.45. The number of aryl methyl sites for hydroxylation is 1. The summed E-state index contributed by atoms with van der Waals surface area (Å²) in [4.78, 5) is 15.0. The number of benzene rings is 1. The number of amides is 1. The highest BCUT2D eigenvalue weighted by atomic mass is 16.5. The minimum Gasteiger partial charge on any atom is -0.496 e. The predicted molar refractivity (Wildman–Crippen MR) is 89.4 cm³/mol. The Morgan fingerprint density at radius 1 is 1.36 bits per heavy atom. The quantitative estimate of drug-likeness (QED) is 0.878. The Morgan fingerprint density at radius 2 is 2.05 bits per heavy atom. The highest BCUT2D eigenvalue weighted by Crippen LogP contribution is 2.43. The van der Waals surface area contributed by atoms with Crippen molar-refractivity contribution in [2.75, 3.05) is 34.3 Å². The molecule has 0 spiro atoms. The van der Waals surface area contributed by atoms with Crippen molar-refractivity contribution in [3.8, 4) is 5.75 Å². The maximum atomic E-state index is 13.1. The van der Waals surface area contributed by atoms with E-state index in [1.54, 1.807) is 7.11 Å². The summed E-state index contributed by atoms with van der Waals surface area (Å²) < 4.78 is 5.46. The van der Waals surface area contributed by atoms with Crippen molar-refractivity contribution in [1.82, 2.24) is 10.2 Å². The maximum absolute atomic E-state index is 13.1. The Kier molecular flexibility index (Phi) is 5.46. The summed E-state index contributed by atoms with van der Waals surface area (Å²) in [5, 5.41) is 3.11. The third-order valence-electron chi connectivity index (χ3n) is 4.87. The maximum Gasteiger partial charge on any atom is 0.233 e. The van der Waals surface area contributed by atoms with Crippen LogP contribution in [-0.4, -0.2) is 45.1 Å². The fraction of sp³-hybridized carbons (Fsp3) is 0.611. The summed E-state index contributed by atoms with van der Waals surface area (Å²) in [6.07, 6.45) is 4.09. The third-order valence-corrected chi connectivity index (χ3v) is 4.87. The highest BCUT2D eigenvalue weighted by Gasteiger charge is 2.44. The second kappa shape index (κ2) is 7.14. The van der Waals surface area contributed by atoms with E-state index in [4.69, 9.17) is 4.74 Å². The lowest BCUT2D eigenvalue weighted by molar-refractivity contribution is -0.136. The number of nitrogens with one attached hydrogen (secondary N) is 1. The van der Waals surface area contributed by atoms with Gasteiger partial charge in [0, 0.05) is 20.1 Å². The van der Waals surface area contributed by atoms with Crippen molar-refractivity contribution in [3.63, 3.8) is 0 Å². The predicted octanol–water partition coefficient (Wildman–Crippen LogP) is 2.49. The van der Waals surface area contributed by atoms with Crippen LogP contribution in [0, 0.1) is 6.92 Å². The minimum atomic E-state index is -0.372. The molecule has 0 aromatic heterocycles. The first-order valence-corrected chi connectivity index (χ1v) is 8.10. The first kappa shape index (κ1) is 16.8. The van der Waals surface area contributed by atoms with Crippen LogP contribution in [0.25, 0.3) is 0 Å². The molecular weight excluding hydrogens is 276 g/mol. The molecule has 122 valence electrons. The van der Waals surface area contributed by atoms with Gasteiger partial charge in [-0.1, -0.05) is 25.0 Å². The second-order valence-corrected chi connectivity index (χ2v) is 6.30.